The third-order valence-corrected chi connectivity index (χ3v) is 2.15. The molecule has 0 aliphatic heterocycles. The summed E-state index contributed by atoms with van der Waals surface area (Å²) in [5.41, 5.74) is 1.75. The van der Waals surface area contributed by atoms with Crippen LogP contribution in [0.4, 0.5) is 0 Å². The molecular formula is C5H3N3Se. The van der Waals surface area contributed by atoms with Crippen LogP contribution in [0.15, 0.2) is 18.3 Å². The van der Waals surface area contributed by atoms with E-state index in [1.807, 2.05) is 12.1 Å². The Labute approximate surface area is 58.0 Å². The van der Waals surface area contributed by atoms with Crippen LogP contribution in [0.25, 0.3) is 11.2 Å². The summed E-state index contributed by atoms with van der Waals surface area (Å²) in [6.07, 6.45) is 1.74. The topological polar surface area (TPSA) is 38.7 Å². The van der Waals surface area contributed by atoms with Crippen molar-refractivity contribution < 1.29 is 0 Å². The molecule has 44 valence electrons. The molecule has 9 heavy (non-hydrogen) atoms. The zero-order chi connectivity index (χ0) is 6.10. The molecule has 0 atom stereocenters. The van der Waals surface area contributed by atoms with Gasteiger partial charge in [0.25, 0.3) is 0 Å². The average molecular weight is 184 g/mol. The molecule has 0 unspecified atom stereocenters. The second kappa shape index (κ2) is 1.90. The summed E-state index contributed by atoms with van der Waals surface area (Å²) in [5.74, 6) is 0. The molecule has 0 aliphatic carbocycles. The maximum atomic E-state index is 4.13. The van der Waals surface area contributed by atoms with Crippen LogP contribution < -0.4 is 0 Å². The summed E-state index contributed by atoms with van der Waals surface area (Å²) in [6, 6.07) is 3.81. The van der Waals surface area contributed by atoms with Crippen molar-refractivity contribution in [2.24, 2.45) is 0 Å². The SMILES string of the molecule is c1cnc2n[se]nc2c1. The number of hydrogen-bond donors (Lipinski definition) is 0. The zero-order valence-corrected chi connectivity index (χ0v) is 6.20. The second-order valence-corrected chi connectivity index (χ2v) is 2.72. The molecule has 0 radical (unpaired) electrons. The number of aromatic nitrogens is 3. The third-order valence-electron chi connectivity index (χ3n) is 1.03. The average Bonchev–Trinajstić information content (AvgIpc) is 2.33. The van der Waals surface area contributed by atoms with E-state index in [1.165, 1.54) is 0 Å². The molecule has 0 bridgehead atoms. The van der Waals surface area contributed by atoms with Crippen LogP contribution in [0.2, 0.25) is 0 Å². The molecule has 2 rings (SSSR count). The fourth-order valence-electron chi connectivity index (χ4n) is 0.633. The summed E-state index contributed by atoms with van der Waals surface area (Å²) in [4.78, 5) is 4.01. The van der Waals surface area contributed by atoms with E-state index in [-0.39, 0.29) is 15.0 Å². The number of hydrogen-bond acceptors (Lipinski definition) is 3. The first-order valence-corrected chi connectivity index (χ1v) is 4.03. The maximum absolute atomic E-state index is 4.13. The standard InChI is InChI=1S/C5H3N3Se/c1-2-4-5(6-3-1)8-9-7-4/h1-3H. The van der Waals surface area contributed by atoms with E-state index in [2.05, 4.69) is 12.9 Å². The Kier molecular flexibility index (Phi) is 1.07. The minimum absolute atomic E-state index is 0.0662. The van der Waals surface area contributed by atoms with E-state index in [9.17, 15) is 0 Å². The van der Waals surface area contributed by atoms with E-state index < -0.39 is 0 Å². The van der Waals surface area contributed by atoms with Crippen molar-refractivity contribution in [2.45, 2.75) is 0 Å². The van der Waals surface area contributed by atoms with Crippen molar-refractivity contribution in [1.29, 1.82) is 0 Å². The van der Waals surface area contributed by atoms with Crippen molar-refractivity contribution in [3.63, 3.8) is 0 Å². The van der Waals surface area contributed by atoms with Crippen molar-refractivity contribution in [2.75, 3.05) is 0 Å². The van der Waals surface area contributed by atoms with E-state index in [0.717, 1.165) is 11.2 Å². The monoisotopic (exact) mass is 185 g/mol. The van der Waals surface area contributed by atoms with Gasteiger partial charge < -0.3 is 0 Å². The van der Waals surface area contributed by atoms with Crippen molar-refractivity contribution in [3.05, 3.63) is 18.3 Å². The molecule has 0 aromatic carbocycles. The van der Waals surface area contributed by atoms with Gasteiger partial charge in [-0.3, -0.25) is 0 Å². The molecule has 3 nitrogen and oxygen atoms in total. The molecule has 0 fully saturated rings. The number of nitrogens with zero attached hydrogens (tertiary/aromatic N) is 3. The van der Waals surface area contributed by atoms with Crippen LogP contribution in [0.5, 0.6) is 0 Å². The molecule has 0 saturated heterocycles. The molecule has 0 amide bonds. The number of fused-ring (bicyclic) bond motifs is 1. The Morgan fingerprint density at radius 1 is 1.33 bits per heavy atom. The quantitative estimate of drug-likeness (QED) is 0.544. The third kappa shape index (κ3) is 0.763. The van der Waals surface area contributed by atoms with Crippen LogP contribution in [-0.4, -0.2) is 27.9 Å². The van der Waals surface area contributed by atoms with Gasteiger partial charge >= 0.3 is 57.4 Å². The molecule has 2 aromatic rings. The fraction of sp³-hybridized carbons (Fsp3) is 0. The summed E-state index contributed by atoms with van der Waals surface area (Å²) in [5, 5.41) is 0. The molecule has 2 heterocycles. The van der Waals surface area contributed by atoms with Gasteiger partial charge in [-0.05, 0) is 0 Å². The van der Waals surface area contributed by atoms with Crippen LogP contribution in [-0.2, 0) is 0 Å². The van der Waals surface area contributed by atoms with E-state index in [4.69, 9.17) is 0 Å². The van der Waals surface area contributed by atoms with Gasteiger partial charge in [0.15, 0.2) is 0 Å². The second-order valence-electron chi connectivity index (χ2n) is 1.61. The van der Waals surface area contributed by atoms with Gasteiger partial charge in [0.2, 0.25) is 0 Å². The predicted octanol–water partition coefficient (Wildman–Crippen LogP) is 0.0818. The van der Waals surface area contributed by atoms with Gasteiger partial charge in [0.1, 0.15) is 0 Å². The fourth-order valence-corrected chi connectivity index (χ4v) is 1.66. The molecule has 0 aliphatic rings. The van der Waals surface area contributed by atoms with Crippen LogP contribution in [0.1, 0.15) is 0 Å². The Morgan fingerprint density at radius 2 is 2.33 bits per heavy atom. The molecule has 0 saturated carbocycles. The van der Waals surface area contributed by atoms with Crippen LogP contribution in [0, 0.1) is 0 Å². The van der Waals surface area contributed by atoms with Crippen molar-refractivity contribution in [1.82, 2.24) is 12.9 Å². The molecule has 2 aromatic heterocycles. The summed E-state index contributed by atoms with van der Waals surface area (Å²) >= 11 is 0.0662. The first kappa shape index (κ1) is 5.09. The minimum atomic E-state index is 0.0662. The van der Waals surface area contributed by atoms with Gasteiger partial charge in [-0.25, -0.2) is 0 Å². The Morgan fingerprint density at radius 3 is 3.22 bits per heavy atom. The van der Waals surface area contributed by atoms with E-state index in [1.54, 1.807) is 6.20 Å². The molecular weight excluding hydrogens is 181 g/mol. The van der Waals surface area contributed by atoms with Crippen LogP contribution in [0.3, 0.4) is 0 Å². The summed E-state index contributed by atoms with van der Waals surface area (Å²) < 4.78 is 8.22. The predicted molar refractivity (Wildman–Crippen MR) is 34.3 cm³/mol. The molecule has 0 N–H and O–H groups in total. The molecule has 4 heteroatoms. The van der Waals surface area contributed by atoms with Gasteiger partial charge in [0.05, 0.1) is 0 Å². The zero-order valence-electron chi connectivity index (χ0n) is 4.48. The van der Waals surface area contributed by atoms with Gasteiger partial charge in [-0.2, -0.15) is 0 Å². The van der Waals surface area contributed by atoms with E-state index >= 15 is 0 Å². The molecule has 0 spiro atoms. The Hall–Kier alpha value is -0.731. The van der Waals surface area contributed by atoms with Gasteiger partial charge in [0, 0.05) is 0 Å². The van der Waals surface area contributed by atoms with Crippen LogP contribution >= 0.6 is 0 Å². The summed E-state index contributed by atoms with van der Waals surface area (Å²) in [7, 11) is 0. The first-order chi connectivity index (χ1) is 4.47. The van der Waals surface area contributed by atoms with Crippen molar-refractivity contribution >= 4 is 26.1 Å². The normalized spacial score (nSPS) is 10.2. The first-order valence-electron chi connectivity index (χ1n) is 2.50. The van der Waals surface area contributed by atoms with E-state index in [0.29, 0.717) is 0 Å². The van der Waals surface area contributed by atoms with Gasteiger partial charge in [-0.15, -0.1) is 0 Å². The Bertz CT molecular complexity index is 286. The van der Waals surface area contributed by atoms with Gasteiger partial charge in [-0.1, -0.05) is 0 Å². The number of pyridine rings is 1. The Balaban J connectivity index is 2.95. The van der Waals surface area contributed by atoms with Crippen molar-refractivity contribution in [3.8, 4) is 0 Å². The summed E-state index contributed by atoms with van der Waals surface area (Å²) in [6.45, 7) is 0. The number of rotatable bonds is 0.